The quantitative estimate of drug-likeness (QED) is 0.758. The van der Waals surface area contributed by atoms with Crippen molar-refractivity contribution in [3.05, 3.63) is 59.1 Å². The Morgan fingerprint density at radius 2 is 1.69 bits per heavy atom. The van der Waals surface area contributed by atoms with Gasteiger partial charge in [-0.05, 0) is 56.2 Å². The number of hydrogen-bond donors (Lipinski definition) is 1. The lowest BCUT2D eigenvalue weighted by Crippen LogP contribution is -2.45. The maximum atomic E-state index is 12.8. The van der Waals surface area contributed by atoms with Crippen molar-refractivity contribution < 1.29 is 13.2 Å². The van der Waals surface area contributed by atoms with Crippen molar-refractivity contribution in [2.45, 2.75) is 53.1 Å². The zero-order valence-electron chi connectivity index (χ0n) is 14.3. The average Bonchev–Trinajstić information content (AvgIpc) is 3.35. The molecule has 2 fully saturated rings. The lowest BCUT2D eigenvalue weighted by molar-refractivity contribution is 0.370. The van der Waals surface area contributed by atoms with Crippen LogP contribution >= 0.6 is 23.4 Å². The smallest absolute Gasteiger partial charge is 0.240 e. The van der Waals surface area contributed by atoms with Crippen LogP contribution in [0, 0.1) is 6.92 Å². The number of aryl methyl sites for hydroxylation is 1. The number of benzene rings is 2. The molecule has 4 nitrogen and oxygen atoms in total. The monoisotopic (exact) mass is 409 g/mol. The van der Waals surface area contributed by atoms with Gasteiger partial charge in [0.2, 0.25) is 10.0 Å². The van der Waals surface area contributed by atoms with Gasteiger partial charge in [0.1, 0.15) is 0 Å². The van der Waals surface area contributed by atoms with Crippen molar-refractivity contribution in [2.24, 2.45) is 0 Å². The van der Waals surface area contributed by atoms with E-state index in [9.17, 15) is 8.42 Å². The lowest BCUT2D eigenvalue weighted by Gasteiger charge is -2.29. The molecule has 1 aliphatic heterocycles. The lowest BCUT2D eigenvalue weighted by atomic mass is 9.96. The van der Waals surface area contributed by atoms with E-state index in [0.717, 1.165) is 16.9 Å². The molecule has 2 aliphatic rings. The van der Waals surface area contributed by atoms with Crippen LogP contribution in [-0.4, -0.2) is 31.9 Å². The second kappa shape index (κ2) is 7.17. The van der Waals surface area contributed by atoms with Gasteiger partial charge >= 0.3 is 0 Å². The van der Waals surface area contributed by atoms with Crippen molar-refractivity contribution in [3.63, 3.8) is 0 Å². The number of thioether (sulfide) groups is 1. The minimum atomic E-state index is -3.55. The van der Waals surface area contributed by atoms with Crippen molar-refractivity contribution in [1.82, 2.24) is 4.72 Å². The number of hydrogen-bond acceptors (Lipinski definition) is 4. The first kappa shape index (κ1) is 18.3. The second-order valence-corrected chi connectivity index (χ2v) is 10.3. The highest BCUT2D eigenvalue weighted by molar-refractivity contribution is 8.00. The molecule has 1 heterocycles. The number of epoxide rings is 1. The molecule has 0 radical (unpaired) electrons. The Balaban J connectivity index is 1.52. The van der Waals surface area contributed by atoms with Crippen molar-refractivity contribution in [2.75, 3.05) is 0 Å². The number of fused-ring (bicyclic) bond motifs is 1. The first-order valence-corrected chi connectivity index (χ1v) is 11.3. The van der Waals surface area contributed by atoms with E-state index >= 15 is 0 Å². The highest BCUT2D eigenvalue weighted by atomic mass is 35.5. The van der Waals surface area contributed by atoms with E-state index in [4.69, 9.17) is 16.3 Å². The topological polar surface area (TPSA) is 58.7 Å². The predicted octanol–water partition coefficient (Wildman–Crippen LogP) is 4.02. The van der Waals surface area contributed by atoms with E-state index < -0.39 is 10.0 Å². The number of nitrogens with one attached hydrogen (secondary N) is 1. The van der Waals surface area contributed by atoms with Crippen molar-refractivity contribution in [1.29, 1.82) is 0 Å². The summed E-state index contributed by atoms with van der Waals surface area (Å²) in [5, 5.41) is 0.820. The number of halogens is 1. The molecule has 0 amide bonds. The molecule has 4 atom stereocenters. The maximum absolute atomic E-state index is 12.8. The Morgan fingerprint density at radius 3 is 2.38 bits per heavy atom. The zero-order chi connectivity index (χ0) is 18.3. The number of rotatable bonds is 5. The fourth-order valence-corrected chi connectivity index (χ4v) is 6.09. The van der Waals surface area contributed by atoms with Crippen LogP contribution in [0.25, 0.3) is 0 Å². The second-order valence-electron chi connectivity index (χ2n) is 6.84. The Hall–Kier alpha value is -1.05. The molecule has 0 aromatic heterocycles. The molecule has 1 saturated heterocycles. The Bertz CT molecular complexity index is 884. The highest BCUT2D eigenvalue weighted by Crippen LogP contribution is 2.43. The van der Waals surface area contributed by atoms with Crippen LogP contribution in [-0.2, 0) is 14.8 Å². The molecular formula is C19H20ClNO3S2. The summed E-state index contributed by atoms with van der Waals surface area (Å²) >= 11 is 7.64. The van der Waals surface area contributed by atoms with Crippen molar-refractivity contribution in [3.8, 4) is 0 Å². The van der Waals surface area contributed by atoms with Gasteiger partial charge in [-0.15, -0.1) is 11.8 Å². The summed E-state index contributed by atoms with van der Waals surface area (Å²) in [6, 6.07) is 14.4. The van der Waals surface area contributed by atoms with Gasteiger partial charge in [-0.3, -0.25) is 0 Å². The summed E-state index contributed by atoms with van der Waals surface area (Å²) in [5.74, 6) is 0. The molecule has 0 bridgehead atoms. The summed E-state index contributed by atoms with van der Waals surface area (Å²) < 4.78 is 34.2. The van der Waals surface area contributed by atoms with Crippen LogP contribution in [0.4, 0.5) is 0 Å². The molecule has 2 aromatic rings. The Labute approximate surface area is 163 Å². The van der Waals surface area contributed by atoms with E-state index in [1.807, 2.05) is 43.3 Å². The molecule has 7 heteroatoms. The SMILES string of the molecule is Cc1ccc(S(=O)(=O)N[C@@H]2C[C@H]3O[C@H]3C[C@H]2Sc2ccc(Cl)cc2)cc1. The number of sulfonamides is 1. The van der Waals surface area contributed by atoms with Crippen LogP contribution in [0.3, 0.4) is 0 Å². The van der Waals surface area contributed by atoms with E-state index in [2.05, 4.69) is 4.72 Å². The first-order chi connectivity index (χ1) is 12.4. The third-order valence-corrected chi connectivity index (χ3v) is 7.95. The van der Waals surface area contributed by atoms with Gasteiger partial charge < -0.3 is 4.74 Å². The summed E-state index contributed by atoms with van der Waals surface area (Å²) in [6.07, 6.45) is 2.00. The standard InChI is InChI=1S/C19H20ClNO3S2/c1-12-2-8-15(9-3-12)26(22,23)21-16-10-17-18(24-17)11-19(16)25-14-6-4-13(20)5-7-14/h2-9,16-19,21H,10-11H2,1H3/t16-,17-,18+,19-/m1/s1. The van der Waals surface area contributed by atoms with Gasteiger partial charge in [0.25, 0.3) is 0 Å². The summed E-state index contributed by atoms with van der Waals surface area (Å²) in [7, 11) is -3.55. The average molecular weight is 410 g/mol. The molecule has 0 unspecified atom stereocenters. The molecule has 138 valence electrons. The van der Waals surface area contributed by atoms with Crippen LogP contribution in [0.15, 0.2) is 58.3 Å². The minimum absolute atomic E-state index is 0.125. The molecule has 4 rings (SSSR count). The summed E-state index contributed by atoms with van der Waals surface area (Å²) in [4.78, 5) is 1.38. The molecule has 1 N–H and O–H groups in total. The van der Waals surface area contributed by atoms with Gasteiger partial charge in [0, 0.05) is 21.2 Å². The van der Waals surface area contributed by atoms with E-state index in [1.165, 1.54) is 0 Å². The predicted molar refractivity (Wildman–Crippen MR) is 104 cm³/mol. The number of ether oxygens (including phenoxy) is 1. The van der Waals surface area contributed by atoms with Gasteiger partial charge in [-0.1, -0.05) is 29.3 Å². The fraction of sp³-hybridized carbons (Fsp3) is 0.368. The van der Waals surface area contributed by atoms with Crippen LogP contribution in [0.1, 0.15) is 18.4 Å². The molecule has 1 aliphatic carbocycles. The molecule has 26 heavy (non-hydrogen) atoms. The Kier molecular flexibility index (Phi) is 5.05. The molecule has 0 spiro atoms. The molecule has 2 aromatic carbocycles. The summed E-state index contributed by atoms with van der Waals surface area (Å²) in [5.41, 5.74) is 1.03. The van der Waals surface area contributed by atoms with E-state index in [0.29, 0.717) is 16.3 Å². The van der Waals surface area contributed by atoms with Crippen LogP contribution < -0.4 is 4.72 Å². The normalized spacial score (nSPS) is 27.8. The van der Waals surface area contributed by atoms with Gasteiger partial charge in [0.05, 0.1) is 17.1 Å². The Morgan fingerprint density at radius 1 is 1.04 bits per heavy atom. The third-order valence-electron chi connectivity index (χ3n) is 4.83. The maximum Gasteiger partial charge on any atom is 0.240 e. The van der Waals surface area contributed by atoms with Gasteiger partial charge in [0.15, 0.2) is 0 Å². The van der Waals surface area contributed by atoms with Crippen LogP contribution in [0.5, 0.6) is 0 Å². The zero-order valence-corrected chi connectivity index (χ0v) is 16.7. The van der Waals surface area contributed by atoms with E-state index in [-0.39, 0.29) is 23.5 Å². The fourth-order valence-electron chi connectivity index (χ4n) is 3.32. The molecule has 1 saturated carbocycles. The van der Waals surface area contributed by atoms with Gasteiger partial charge in [-0.25, -0.2) is 13.1 Å². The molecular weight excluding hydrogens is 390 g/mol. The largest absolute Gasteiger partial charge is 0.369 e. The van der Waals surface area contributed by atoms with Crippen LogP contribution in [0.2, 0.25) is 5.02 Å². The van der Waals surface area contributed by atoms with Gasteiger partial charge in [-0.2, -0.15) is 0 Å². The highest BCUT2D eigenvalue weighted by Gasteiger charge is 2.49. The van der Waals surface area contributed by atoms with E-state index in [1.54, 1.807) is 23.9 Å². The van der Waals surface area contributed by atoms with Crippen molar-refractivity contribution >= 4 is 33.4 Å². The first-order valence-electron chi connectivity index (χ1n) is 8.57. The minimum Gasteiger partial charge on any atom is -0.369 e. The third kappa shape index (κ3) is 4.10. The summed E-state index contributed by atoms with van der Waals surface area (Å²) in [6.45, 7) is 1.94.